The number of benzene rings is 2. The smallest absolute Gasteiger partial charge is 0.305 e. The average molecular weight is 646 g/mol. The van der Waals surface area contributed by atoms with Gasteiger partial charge in [-0.2, -0.15) is 0 Å². The third kappa shape index (κ3) is 8.16. The molecule has 2 heterocycles. The van der Waals surface area contributed by atoms with Gasteiger partial charge in [-0.1, -0.05) is 25.4 Å². The van der Waals surface area contributed by atoms with E-state index in [-0.39, 0.29) is 22.9 Å². The maximum Gasteiger partial charge on any atom is 0.305 e. The van der Waals surface area contributed by atoms with Gasteiger partial charge in [0.25, 0.3) is 5.56 Å². The van der Waals surface area contributed by atoms with E-state index < -0.39 is 53.7 Å². The van der Waals surface area contributed by atoms with Crippen LogP contribution >= 0.6 is 11.6 Å². The Morgan fingerprint density at radius 3 is 2.27 bits per heavy atom. The van der Waals surface area contributed by atoms with Gasteiger partial charge in [-0.25, -0.2) is 13.2 Å². The molecule has 3 aromatic rings. The molecule has 0 spiro atoms. The molecular formula is C34H39ClF3N3O4. The van der Waals surface area contributed by atoms with Crippen molar-refractivity contribution in [2.45, 2.75) is 72.1 Å². The Balaban J connectivity index is 1.71. The summed E-state index contributed by atoms with van der Waals surface area (Å²) in [5.74, 6) is -3.28. The van der Waals surface area contributed by atoms with Gasteiger partial charge in [0.05, 0.1) is 17.5 Å². The first-order chi connectivity index (χ1) is 21.1. The van der Waals surface area contributed by atoms with Crippen molar-refractivity contribution in [1.29, 1.82) is 0 Å². The third-order valence-electron chi connectivity index (χ3n) is 8.25. The van der Waals surface area contributed by atoms with Crippen LogP contribution in [0.25, 0.3) is 11.1 Å². The van der Waals surface area contributed by atoms with E-state index >= 15 is 4.39 Å². The van der Waals surface area contributed by atoms with E-state index in [0.29, 0.717) is 48.3 Å². The number of carbonyl (C=O) groups excluding carboxylic acids is 1. The van der Waals surface area contributed by atoms with Crippen molar-refractivity contribution >= 4 is 23.5 Å². The molecule has 1 saturated heterocycles. The van der Waals surface area contributed by atoms with Gasteiger partial charge in [0, 0.05) is 37.5 Å². The second-order valence-electron chi connectivity index (χ2n) is 12.4. The Kier molecular flexibility index (Phi) is 10.8. The number of likely N-dealkylation sites (tertiary alicyclic amines) is 1. The van der Waals surface area contributed by atoms with E-state index in [1.807, 2.05) is 18.7 Å². The van der Waals surface area contributed by atoms with E-state index in [1.165, 1.54) is 34.9 Å². The van der Waals surface area contributed by atoms with Crippen LogP contribution in [0.2, 0.25) is 5.02 Å². The highest BCUT2D eigenvalue weighted by Gasteiger charge is 2.30. The predicted octanol–water partition coefficient (Wildman–Crippen LogP) is 6.49. The normalized spacial score (nSPS) is 15.2. The lowest BCUT2D eigenvalue weighted by Crippen LogP contribution is -2.49. The number of amides is 1. The molecule has 1 aliphatic rings. The molecule has 1 aromatic heterocycles. The topological polar surface area (TPSA) is 91.6 Å². The number of hydrogen-bond donors (Lipinski definition) is 2. The Labute approximate surface area is 266 Å². The van der Waals surface area contributed by atoms with Crippen LogP contribution in [-0.2, 0) is 16.0 Å². The second kappa shape index (κ2) is 14.2. The first-order valence-electron chi connectivity index (χ1n) is 15.0. The van der Waals surface area contributed by atoms with E-state index in [2.05, 4.69) is 5.32 Å². The number of rotatable bonds is 12. The van der Waals surface area contributed by atoms with Crippen molar-refractivity contribution in [2.24, 2.45) is 5.92 Å². The number of nitrogens with one attached hydrogen (secondary N) is 1. The lowest BCUT2D eigenvalue weighted by Gasteiger charge is -2.34. The zero-order chi connectivity index (χ0) is 33.2. The Morgan fingerprint density at radius 1 is 1.04 bits per heavy atom. The van der Waals surface area contributed by atoms with E-state index in [1.54, 1.807) is 27.0 Å². The molecule has 4 rings (SSSR count). The van der Waals surface area contributed by atoms with Crippen LogP contribution in [0, 0.1) is 38.3 Å². The maximum atomic E-state index is 15.6. The molecule has 2 atom stereocenters. The number of aromatic nitrogens is 1. The van der Waals surface area contributed by atoms with Crippen LogP contribution in [-0.4, -0.2) is 52.3 Å². The summed E-state index contributed by atoms with van der Waals surface area (Å²) in [7, 11) is 0. The Morgan fingerprint density at radius 2 is 1.69 bits per heavy atom. The molecule has 0 saturated carbocycles. The summed E-state index contributed by atoms with van der Waals surface area (Å²) in [6.45, 7) is 10.3. The third-order valence-corrected chi connectivity index (χ3v) is 8.53. The minimum absolute atomic E-state index is 0.0307. The highest BCUT2D eigenvalue weighted by Crippen LogP contribution is 2.36. The van der Waals surface area contributed by atoms with Crippen molar-refractivity contribution in [3.63, 3.8) is 0 Å². The lowest BCUT2D eigenvalue weighted by molar-refractivity contribution is -0.138. The van der Waals surface area contributed by atoms with Gasteiger partial charge in [0.2, 0.25) is 5.91 Å². The summed E-state index contributed by atoms with van der Waals surface area (Å²) in [6, 6.07) is 4.58. The molecule has 11 heteroatoms. The molecule has 1 amide bonds. The number of aliphatic carboxylic acids is 1. The summed E-state index contributed by atoms with van der Waals surface area (Å²) < 4.78 is 44.3. The zero-order valence-corrected chi connectivity index (χ0v) is 26.9. The maximum absolute atomic E-state index is 15.6. The van der Waals surface area contributed by atoms with E-state index in [4.69, 9.17) is 11.6 Å². The van der Waals surface area contributed by atoms with Crippen LogP contribution in [0.1, 0.15) is 66.6 Å². The molecule has 0 aliphatic carbocycles. The van der Waals surface area contributed by atoms with Crippen LogP contribution in [0.3, 0.4) is 0 Å². The highest BCUT2D eigenvalue weighted by molar-refractivity contribution is 6.31. The van der Waals surface area contributed by atoms with Crippen molar-refractivity contribution < 1.29 is 27.9 Å². The molecule has 2 N–H and O–H groups in total. The number of carboxylic acids is 1. The Bertz CT molecular complexity index is 1630. The summed E-state index contributed by atoms with van der Waals surface area (Å²) in [5, 5.41) is 12.2. The lowest BCUT2D eigenvalue weighted by atomic mass is 9.92. The molecule has 7 nitrogen and oxygen atoms in total. The van der Waals surface area contributed by atoms with Gasteiger partial charge in [0.1, 0.15) is 23.8 Å². The summed E-state index contributed by atoms with van der Waals surface area (Å²) >= 11 is 6.30. The average Bonchev–Trinajstić information content (AvgIpc) is 2.90. The van der Waals surface area contributed by atoms with Gasteiger partial charge < -0.3 is 15.0 Å². The predicted molar refractivity (Wildman–Crippen MR) is 168 cm³/mol. The zero-order valence-electron chi connectivity index (χ0n) is 26.1. The molecule has 2 aromatic carbocycles. The van der Waals surface area contributed by atoms with Crippen LogP contribution < -0.4 is 10.9 Å². The summed E-state index contributed by atoms with van der Waals surface area (Å²) in [5.41, 5.74) is 3.23. The molecule has 0 radical (unpaired) electrons. The van der Waals surface area contributed by atoms with Crippen LogP contribution in [0.4, 0.5) is 13.2 Å². The molecule has 1 aliphatic heterocycles. The van der Waals surface area contributed by atoms with Crippen molar-refractivity contribution in [3.8, 4) is 11.1 Å². The van der Waals surface area contributed by atoms with E-state index in [9.17, 15) is 28.3 Å². The SMILES string of the molecule is Cc1cc(=O)n(C(CC(C)C)C(=O)N[C@@H](CC(=O)O)c2cc(-c3c(C)cc(F)cc3C)cc(Cl)c2F)cc1CCN1CC(F)C1. The number of nitrogens with zero attached hydrogens (tertiary/aromatic N) is 2. The van der Waals surface area contributed by atoms with Crippen LogP contribution in [0.15, 0.2) is 41.3 Å². The highest BCUT2D eigenvalue weighted by atomic mass is 35.5. The summed E-state index contributed by atoms with van der Waals surface area (Å²) in [6.07, 6.45) is 0.955. The number of carbonyl (C=O) groups is 2. The quantitative estimate of drug-likeness (QED) is 0.235. The van der Waals surface area contributed by atoms with E-state index in [0.717, 1.165) is 11.1 Å². The van der Waals surface area contributed by atoms with Crippen molar-refractivity contribution in [3.05, 3.63) is 91.4 Å². The molecule has 45 heavy (non-hydrogen) atoms. The number of pyridine rings is 1. The largest absolute Gasteiger partial charge is 0.481 e. The number of halogens is 4. The van der Waals surface area contributed by atoms with Gasteiger partial charge >= 0.3 is 5.97 Å². The number of alkyl halides is 1. The van der Waals surface area contributed by atoms with Crippen molar-refractivity contribution in [2.75, 3.05) is 19.6 Å². The monoisotopic (exact) mass is 645 g/mol. The molecule has 242 valence electrons. The van der Waals surface area contributed by atoms with Gasteiger partial charge in [-0.15, -0.1) is 0 Å². The van der Waals surface area contributed by atoms with Crippen molar-refractivity contribution in [1.82, 2.24) is 14.8 Å². The number of aryl methyl sites for hydroxylation is 3. The minimum Gasteiger partial charge on any atom is -0.481 e. The fourth-order valence-corrected chi connectivity index (χ4v) is 6.23. The molecule has 0 bridgehead atoms. The second-order valence-corrected chi connectivity index (χ2v) is 12.8. The number of hydrogen-bond acceptors (Lipinski definition) is 4. The minimum atomic E-state index is -1.33. The molecule has 1 fully saturated rings. The van der Waals surface area contributed by atoms with Gasteiger partial charge in [0.15, 0.2) is 0 Å². The van der Waals surface area contributed by atoms with Gasteiger partial charge in [-0.05, 0) is 97.2 Å². The Hall–Kier alpha value is -3.63. The molecular weight excluding hydrogens is 607 g/mol. The number of carboxylic acid groups (broad SMARTS) is 1. The standard InChI is InChI=1S/C34H39ClF3N3O4/c1-18(2)8-29(41-15-22(19(3)11-30(41)42)6-7-40-16-25(37)17-40)34(45)39-28(14-31(43)44)26-12-23(13-27(35)33(26)38)32-20(4)9-24(36)10-21(32)5/h9-13,15,18,25,28-29H,6-8,14,16-17H2,1-5H3,(H,39,45)(H,43,44)/t28-,29?/m0/s1. The fraction of sp³-hybridized carbons (Fsp3) is 0.441. The van der Waals surface area contributed by atoms with Crippen LogP contribution in [0.5, 0.6) is 0 Å². The summed E-state index contributed by atoms with van der Waals surface area (Å²) in [4.78, 5) is 41.1. The fourth-order valence-electron chi connectivity index (χ4n) is 6.01. The molecule has 1 unspecified atom stereocenters. The van der Waals surface area contributed by atoms with Gasteiger partial charge in [-0.3, -0.25) is 19.3 Å². The first-order valence-corrected chi connectivity index (χ1v) is 15.4. The first kappa shape index (κ1) is 34.2.